The lowest BCUT2D eigenvalue weighted by molar-refractivity contribution is -0.146. The van der Waals surface area contributed by atoms with Crippen molar-refractivity contribution in [2.75, 3.05) is 17.7 Å². The molecule has 1 heterocycles. The number of carbonyl (C=O) groups excluding carboxylic acids is 3. The molecule has 2 atom stereocenters. The highest BCUT2D eigenvalue weighted by Crippen LogP contribution is 2.23. The van der Waals surface area contributed by atoms with Gasteiger partial charge in [0.25, 0.3) is 0 Å². The van der Waals surface area contributed by atoms with Crippen molar-refractivity contribution in [3.8, 4) is 0 Å². The highest BCUT2D eigenvalue weighted by Gasteiger charge is 2.34. The number of thioether (sulfide) groups is 1. The van der Waals surface area contributed by atoms with Crippen LogP contribution in [0.1, 0.15) is 18.9 Å². The molecule has 0 aliphatic carbocycles. The van der Waals surface area contributed by atoms with Crippen molar-refractivity contribution in [1.82, 2.24) is 5.32 Å². The number of hydrogen-bond donors (Lipinski definition) is 2. The molecule has 1 aliphatic heterocycles. The molecule has 2 rings (SSSR count). The standard InChI is InChI=1S/C16H19ClN2O4S/c1-3-23-16(22)12-8-24-13(15(21)19-12)7-14(20)18-10-5-4-9(2)11(17)6-10/h4-6,12-13H,3,7-8H2,1-2H3,(H,18,20)(H,19,21)/t12-,13+/m0/s1. The van der Waals surface area contributed by atoms with E-state index in [0.717, 1.165) is 5.56 Å². The quantitative estimate of drug-likeness (QED) is 0.776. The molecule has 0 radical (unpaired) electrons. The van der Waals surface area contributed by atoms with Crippen LogP contribution in [-0.2, 0) is 19.1 Å². The van der Waals surface area contributed by atoms with Gasteiger partial charge in [0.15, 0.2) is 0 Å². The molecule has 24 heavy (non-hydrogen) atoms. The fourth-order valence-electron chi connectivity index (χ4n) is 2.17. The van der Waals surface area contributed by atoms with Crippen LogP contribution in [0, 0.1) is 6.92 Å². The van der Waals surface area contributed by atoms with E-state index in [0.29, 0.717) is 16.5 Å². The summed E-state index contributed by atoms with van der Waals surface area (Å²) >= 11 is 7.30. The number of aryl methyl sites for hydroxylation is 1. The molecule has 130 valence electrons. The Bertz CT molecular complexity index is 653. The normalized spacial score (nSPS) is 20.2. The predicted molar refractivity (Wildman–Crippen MR) is 94.2 cm³/mol. The van der Waals surface area contributed by atoms with Crippen molar-refractivity contribution in [2.24, 2.45) is 0 Å². The van der Waals surface area contributed by atoms with Gasteiger partial charge in [-0.25, -0.2) is 4.79 Å². The van der Waals surface area contributed by atoms with Gasteiger partial charge in [0.05, 0.1) is 11.9 Å². The number of amides is 2. The van der Waals surface area contributed by atoms with Gasteiger partial charge in [0.2, 0.25) is 11.8 Å². The fraction of sp³-hybridized carbons (Fsp3) is 0.438. The number of ether oxygens (including phenoxy) is 1. The van der Waals surface area contributed by atoms with Crippen LogP contribution in [0.2, 0.25) is 5.02 Å². The van der Waals surface area contributed by atoms with Crippen molar-refractivity contribution < 1.29 is 19.1 Å². The molecule has 1 aliphatic rings. The van der Waals surface area contributed by atoms with E-state index in [-0.39, 0.29) is 24.8 Å². The van der Waals surface area contributed by atoms with Gasteiger partial charge >= 0.3 is 5.97 Å². The van der Waals surface area contributed by atoms with E-state index in [2.05, 4.69) is 10.6 Å². The largest absolute Gasteiger partial charge is 0.464 e. The van der Waals surface area contributed by atoms with Crippen molar-refractivity contribution in [2.45, 2.75) is 31.6 Å². The second-order valence-corrected chi connectivity index (χ2v) is 6.99. The number of rotatable bonds is 5. The summed E-state index contributed by atoms with van der Waals surface area (Å²) in [4.78, 5) is 35.8. The SMILES string of the molecule is CCOC(=O)[C@@H]1CS[C@H](CC(=O)Nc2ccc(C)c(Cl)c2)C(=O)N1. The van der Waals surface area contributed by atoms with Crippen LogP contribution in [0.5, 0.6) is 0 Å². The molecule has 1 saturated heterocycles. The second-order valence-electron chi connectivity index (χ2n) is 5.35. The number of carbonyl (C=O) groups is 3. The molecule has 1 aromatic carbocycles. The van der Waals surface area contributed by atoms with E-state index in [4.69, 9.17) is 16.3 Å². The van der Waals surface area contributed by atoms with Crippen molar-refractivity contribution in [3.63, 3.8) is 0 Å². The van der Waals surface area contributed by atoms with E-state index in [1.54, 1.807) is 19.1 Å². The molecule has 1 fully saturated rings. The Labute approximate surface area is 149 Å². The highest BCUT2D eigenvalue weighted by atomic mass is 35.5. The molecular formula is C16H19ClN2O4S. The molecular weight excluding hydrogens is 352 g/mol. The zero-order valence-corrected chi connectivity index (χ0v) is 15.0. The van der Waals surface area contributed by atoms with E-state index in [1.807, 2.05) is 13.0 Å². The van der Waals surface area contributed by atoms with E-state index in [9.17, 15) is 14.4 Å². The van der Waals surface area contributed by atoms with Gasteiger partial charge in [0, 0.05) is 22.9 Å². The summed E-state index contributed by atoms with van der Waals surface area (Å²) in [5.41, 5.74) is 1.50. The summed E-state index contributed by atoms with van der Waals surface area (Å²) in [5.74, 6) is -0.673. The monoisotopic (exact) mass is 370 g/mol. The molecule has 6 nitrogen and oxygen atoms in total. The van der Waals surface area contributed by atoms with Crippen LogP contribution >= 0.6 is 23.4 Å². The number of nitrogens with one attached hydrogen (secondary N) is 2. The average Bonchev–Trinajstić information content (AvgIpc) is 2.53. The Kier molecular flexibility index (Phi) is 6.51. The summed E-state index contributed by atoms with van der Waals surface area (Å²) in [5, 5.41) is 5.36. The van der Waals surface area contributed by atoms with E-state index >= 15 is 0 Å². The third-order valence-electron chi connectivity index (χ3n) is 3.47. The predicted octanol–water partition coefficient (Wildman–Crippen LogP) is 2.14. The molecule has 0 saturated carbocycles. The van der Waals surface area contributed by atoms with Crippen LogP contribution in [0.4, 0.5) is 5.69 Å². The maximum Gasteiger partial charge on any atom is 0.329 e. The molecule has 8 heteroatoms. The van der Waals surface area contributed by atoms with E-state index in [1.165, 1.54) is 11.8 Å². The fourth-order valence-corrected chi connectivity index (χ4v) is 3.48. The van der Waals surface area contributed by atoms with Crippen molar-refractivity contribution in [1.29, 1.82) is 0 Å². The van der Waals surface area contributed by atoms with Gasteiger partial charge in [-0.1, -0.05) is 17.7 Å². The number of esters is 1. The van der Waals surface area contributed by atoms with Crippen LogP contribution < -0.4 is 10.6 Å². The zero-order chi connectivity index (χ0) is 17.7. The molecule has 0 bridgehead atoms. The minimum atomic E-state index is -0.655. The average molecular weight is 371 g/mol. The number of benzene rings is 1. The van der Waals surface area contributed by atoms with Crippen LogP contribution in [0.3, 0.4) is 0 Å². The summed E-state index contributed by atoms with van der Waals surface area (Å²) in [6.07, 6.45) is 0.0253. The topological polar surface area (TPSA) is 84.5 Å². The van der Waals surface area contributed by atoms with Gasteiger partial charge in [0.1, 0.15) is 6.04 Å². The number of hydrogen-bond acceptors (Lipinski definition) is 5. The highest BCUT2D eigenvalue weighted by molar-refractivity contribution is 8.00. The van der Waals surface area contributed by atoms with Gasteiger partial charge in [-0.3, -0.25) is 9.59 Å². The Morgan fingerprint density at radius 3 is 2.83 bits per heavy atom. The first-order chi connectivity index (χ1) is 11.4. The maximum atomic E-state index is 12.1. The third-order valence-corrected chi connectivity index (χ3v) is 5.19. The second kappa shape index (κ2) is 8.39. The molecule has 1 aromatic rings. The van der Waals surface area contributed by atoms with Gasteiger partial charge in [-0.05, 0) is 31.5 Å². The first-order valence-corrected chi connectivity index (χ1v) is 8.98. The van der Waals surface area contributed by atoms with Crippen LogP contribution in [0.15, 0.2) is 18.2 Å². The Balaban J connectivity index is 1.87. The first kappa shape index (κ1) is 18.6. The van der Waals surface area contributed by atoms with Gasteiger partial charge in [-0.15, -0.1) is 11.8 Å². The third kappa shape index (κ3) is 4.88. The Morgan fingerprint density at radius 1 is 1.46 bits per heavy atom. The lowest BCUT2D eigenvalue weighted by Crippen LogP contribution is -2.51. The summed E-state index contributed by atoms with van der Waals surface area (Å²) in [6.45, 7) is 3.85. The summed E-state index contributed by atoms with van der Waals surface area (Å²) in [7, 11) is 0. The zero-order valence-electron chi connectivity index (χ0n) is 13.4. The Hall–Kier alpha value is -1.73. The van der Waals surface area contributed by atoms with Gasteiger partial charge < -0.3 is 15.4 Å². The van der Waals surface area contributed by atoms with Crippen LogP contribution in [-0.4, -0.2) is 41.4 Å². The molecule has 2 amide bonds. The molecule has 0 spiro atoms. The number of halogens is 1. The first-order valence-electron chi connectivity index (χ1n) is 7.55. The van der Waals surface area contributed by atoms with Crippen LogP contribution in [0.25, 0.3) is 0 Å². The summed E-state index contributed by atoms with van der Waals surface area (Å²) < 4.78 is 4.89. The lowest BCUT2D eigenvalue weighted by atomic mass is 10.2. The molecule has 2 N–H and O–H groups in total. The minimum Gasteiger partial charge on any atom is -0.464 e. The number of anilines is 1. The summed E-state index contributed by atoms with van der Waals surface area (Å²) in [6, 6.07) is 4.57. The molecule has 0 unspecified atom stereocenters. The lowest BCUT2D eigenvalue weighted by Gasteiger charge is -2.27. The van der Waals surface area contributed by atoms with Gasteiger partial charge in [-0.2, -0.15) is 0 Å². The van der Waals surface area contributed by atoms with Crippen molar-refractivity contribution in [3.05, 3.63) is 28.8 Å². The van der Waals surface area contributed by atoms with E-state index < -0.39 is 17.3 Å². The Morgan fingerprint density at radius 2 is 2.21 bits per heavy atom. The minimum absolute atomic E-state index is 0.0253. The smallest absolute Gasteiger partial charge is 0.329 e. The van der Waals surface area contributed by atoms with Crippen molar-refractivity contribution >= 4 is 46.8 Å². The maximum absolute atomic E-state index is 12.1. The molecule has 0 aromatic heterocycles.